The Kier molecular flexibility index (Phi) is 5.00. The summed E-state index contributed by atoms with van der Waals surface area (Å²) in [5, 5.41) is 12.5. The number of hydrogen-bond donors (Lipinski definition) is 2. The first kappa shape index (κ1) is 18.4. The Balaban J connectivity index is 1.30. The number of hydrogen-bond acceptors (Lipinski definition) is 5. The number of pyridine rings is 1. The predicted octanol–water partition coefficient (Wildman–Crippen LogP) is 1.84. The third-order valence-electron chi connectivity index (χ3n) is 5.60. The molecule has 1 spiro atoms. The van der Waals surface area contributed by atoms with Gasteiger partial charge in [0, 0.05) is 31.1 Å². The molecule has 2 amide bonds. The molecule has 0 radical (unpaired) electrons. The van der Waals surface area contributed by atoms with E-state index in [4.69, 9.17) is 4.74 Å². The molecule has 0 aliphatic carbocycles. The molecule has 146 valence electrons. The van der Waals surface area contributed by atoms with Crippen LogP contribution < -0.4 is 5.32 Å². The minimum absolute atomic E-state index is 0.0837. The highest BCUT2D eigenvalue weighted by Gasteiger charge is 2.54. The van der Waals surface area contributed by atoms with Gasteiger partial charge < -0.3 is 20.1 Å². The lowest BCUT2D eigenvalue weighted by Gasteiger charge is -2.50. The first-order valence-corrected chi connectivity index (χ1v) is 9.48. The van der Waals surface area contributed by atoms with Crippen LogP contribution in [0, 0.1) is 5.92 Å². The summed E-state index contributed by atoms with van der Waals surface area (Å²) in [6, 6.07) is 9.87. The first-order valence-electron chi connectivity index (χ1n) is 9.48. The average molecular weight is 381 g/mol. The lowest BCUT2D eigenvalue weighted by Crippen LogP contribution is -2.66. The summed E-state index contributed by atoms with van der Waals surface area (Å²) in [4.78, 5) is 30.4. The molecular formula is C21H23N3O4. The number of benzene rings is 1. The number of likely N-dealkylation sites (tertiary alicyclic amines) is 1. The number of aromatic hydroxyl groups is 1. The topological polar surface area (TPSA) is 91.8 Å². The molecule has 2 aliphatic heterocycles. The van der Waals surface area contributed by atoms with Crippen LogP contribution in [0.3, 0.4) is 0 Å². The van der Waals surface area contributed by atoms with Gasteiger partial charge in [-0.05, 0) is 49.1 Å². The van der Waals surface area contributed by atoms with Gasteiger partial charge in [-0.15, -0.1) is 0 Å². The molecule has 7 nitrogen and oxygen atoms in total. The van der Waals surface area contributed by atoms with Crippen molar-refractivity contribution in [2.45, 2.75) is 18.4 Å². The van der Waals surface area contributed by atoms with Crippen LogP contribution in [-0.4, -0.2) is 58.6 Å². The molecule has 1 aromatic heterocycles. The van der Waals surface area contributed by atoms with E-state index in [2.05, 4.69) is 10.3 Å². The van der Waals surface area contributed by atoms with Gasteiger partial charge in [0.1, 0.15) is 11.4 Å². The van der Waals surface area contributed by atoms with Crippen LogP contribution in [0.25, 0.3) is 0 Å². The first-order chi connectivity index (χ1) is 13.6. The number of phenolic OH excluding ortho intramolecular Hbond substituents is 1. The van der Waals surface area contributed by atoms with Crippen molar-refractivity contribution in [2.24, 2.45) is 5.92 Å². The molecule has 0 bridgehead atoms. The van der Waals surface area contributed by atoms with Gasteiger partial charge in [0.15, 0.2) is 0 Å². The number of phenols is 1. The van der Waals surface area contributed by atoms with E-state index in [-0.39, 0.29) is 23.2 Å². The van der Waals surface area contributed by atoms with Crippen LogP contribution in [0.1, 0.15) is 33.6 Å². The Morgan fingerprint density at radius 1 is 1.25 bits per heavy atom. The largest absolute Gasteiger partial charge is 0.508 e. The number of rotatable bonds is 5. The van der Waals surface area contributed by atoms with Crippen molar-refractivity contribution >= 4 is 11.8 Å². The lowest BCUT2D eigenvalue weighted by atomic mass is 9.78. The number of carbonyl (C=O) groups is 2. The second-order valence-corrected chi connectivity index (χ2v) is 7.40. The van der Waals surface area contributed by atoms with Crippen molar-refractivity contribution in [3.05, 3.63) is 59.9 Å². The van der Waals surface area contributed by atoms with Gasteiger partial charge in [-0.3, -0.25) is 14.6 Å². The van der Waals surface area contributed by atoms with Crippen molar-refractivity contribution in [1.29, 1.82) is 0 Å². The van der Waals surface area contributed by atoms with Crippen molar-refractivity contribution in [2.75, 3.05) is 26.2 Å². The fourth-order valence-corrected chi connectivity index (χ4v) is 4.07. The minimum Gasteiger partial charge on any atom is -0.508 e. The van der Waals surface area contributed by atoms with E-state index in [1.54, 1.807) is 47.6 Å². The number of ether oxygens (including phenoxy) is 1. The van der Waals surface area contributed by atoms with Gasteiger partial charge in [-0.1, -0.05) is 6.07 Å². The fourth-order valence-electron chi connectivity index (χ4n) is 4.07. The molecule has 0 unspecified atom stereocenters. The summed E-state index contributed by atoms with van der Waals surface area (Å²) < 4.78 is 6.01. The number of aromatic nitrogens is 1. The number of nitrogens with zero attached hydrogens (tertiary/aromatic N) is 2. The van der Waals surface area contributed by atoms with Crippen LogP contribution in [0.15, 0.2) is 48.8 Å². The molecule has 1 aromatic carbocycles. The van der Waals surface area contributed by atoms with E-state index in [0.29, 0.717) is 43.3 Å². The summed E-state index contributed by atoms with van der Waals surface area (Å²) in [7, 11) is 0. The van der Waals surface area contributed by atoms with Crippen LogP contribution >= 0.6 is 0 Å². The minimum atomic E-state index is -0.314. The lowest BCUT2D eigenvalue weighted by molar-refractivity contribution is -0.117. The molecule has 3 heterocycles. The Morgan fingerprint density at radius 2 is 2.07 bits per heavy atom. The molecule has 2 fully saturated rings. The highest BCUT2D eigenvalue weighted by Crippen LogP contribution is 2.42. The van der Waals surface area contributed by atoms with Gasteiger partial charge in [-0.2, -0.15) is 0 Å². The SMILES string of the molecule is O=C(NCC[C@H]1CCOC12CN(C(=O)c1cccc(O)c1)C2)c1cccnc1. The third-order valence-corrected chi connectivity index (χ3v) is 5.60. The molecule has 28 heavy (non-hydrogen) atoms. The molecule has 2 aromatic rings. The molecule has 1 atom stereocenters. The maximum Gasteiger partial charge on any atom is 0.254 e. The number of amides is 2. The molecule has 2 saturated heterocycles. The Hall–Kier alpha value is -2.93. The molecule has 4 rings (SSSR count). The maximum absolute atomic E-state index is 12.6. The van der Waals surface area contributed by atoms with E-state index < -0.39 is 0 Å². The highest BCUT2D eigenvalue weighted by molar-refractivity contribution is 5.95. The van der Waals surface area contributed by atoms with Gasteiger partial charge in [0.05, 0.1) is 18.7 Å². The Labute approximate surface area is 163 Å². The molecule has 7 heteroatoms. The van der Waals surface area contributed by atoms with E-state index in [1.807, 2.05) is 0 Å². The molecular weight excluding hydrogens is 358 g/mol. The summed E-state index contributed by atoms with van der Waals surface area (Å²) in [5.74, 6) is 0.159. The monoisotopic (exact) mass is 381 g/mol. The smallest absolute Gasteiger partial charge is 0.254 e. The summed E-state index contributed by atoms with van der Waals surface area (Å²) in [5.41, 5.74) is 0.713. The zero-order valence-corrected chi connectivity index (χ0v) is 15.5. The summed E-state index contributed by atoms with van der Waals surface area (Å²) in [6.07, 6.45) is 4.92. The summed E-state index contributed by atoms with van der Waals surface area (Å²) in [6.45, 7) is 2.32. The molecule has 2 aliphatic rings. The van der Waals surface area contributed by atoms with Crippen LogP contribution in [0.2, 0.25) is 0 Å². The third kappa shape index (κ3) is 3.57. The van der Waals surface area contributed by atoms with E-state index in [1.165, 1.54) is 6.07 Å². The van der Waals surface area contributed by atoms with Crippen molar-refractivity contribution < 1.29 is 19.4 Å². The average Bonchev–Trinajstić information content (AvgIpc) is 3.11. The quantitative estimate of drug-likeness (QED) is 0.825. The maximum atomic E-state index is 12.6. The van der Waals surface area contributed by atoms with Crippen LogP contribution in [0.4, 0.5) is 0 Å². The fraction of sp³-hybridized carbons (Fsp3) is 0.381. The van der Waals surface area contributed by atoms with Gasteiger partial charge >= 0.3 is 0 Å². The standard InChI is InChI=1S/C21H23N3O4/c25-18-5-1-3-15(11-18)20(27)24-13-21(14-24)17(7-10-28-21)6-9-23-19(26)16-4-2-8-22-12-16/h1-5,8,11-12,17,25H,6-7,9-10,13-14H2,(H,23,26)/t17-/m0/s1. The number of nitrogens with one attached hydrogen (secondary N) is 1. The van der Waals surface area contributed by atoms with Crippen molar-refractivity contribution in [3.8, 4) is 5.75 Å². The molecule has 2 N–H and O–H groups in total. The second-order valence-electron chi connectivity index (χ2n) is 7.40. The van der Waals surface area contributed by atoms with Crippen LogP contribution in [-0.2, 0) is 4.74 Å². The van der Waals surface area contributed by atoms with Crippen molar-refractivity contribution in [3.63, 3.8) is 0 Å². The normalized spacial score (nSPS) is 20.0. The highest BCUT2D eigenvalue weighted by atomic mass is 16.5. The summed E-state index contributed by atoms with van der Waals surface area (Å²) >= 11 is 0. The van der Waals surface area contributed by atoms with Gasteiger partial charge in [0.25, 0.3) is 11.8 Å². The van der Waals surface area contributed by atoms with Gasteiger partial charge in [-0.25, -0.2) is 0 Å². The molecule has 0 saturated carbocycles. The van der Waals surface area contributed by atoms with Gasteiger partial charge in [0.2, 0.25) is 0 Å². The van der Waals surface area contributed by atoms with Crippen LogP contribution in [0.5, 0.6) is 5.75 Å². The van der Waals surface area contributed by atoms with E-state index >= 15 is 0 Å². The van der Waals surface area contributed by atoms with Crippen molar-refractivity contribution in [1.82, 2.24) is 15.2 Å². The van der Waals surface area contributed by atoms with E-state index in [9.17, 15) is 14.7 Å². The Bertz CT molecular complexity index is 865. The number of carbonyl (C=O) groups excluding carboxylic acids is 2. The zero-order chi connectivity index (χ0) is 19.6. The predicted molar refractivity (Wildman–Crippen MR) is 102 cm³/mol. The Morgan fingerprint density at radius 3 is 2.82 bits per heavy atom. The van der Waals surface area contributed by atoms with E-state index in [0.717, 1.165) is 12.8 Å². The zero-order valence-electron chi connectivity index (χ0n) is 15.5. The second kappa shape index (κ2) is 7.59.